The number of furan rings is 1. The molecule has 0 aliphatic carbocycles. The number of rotatable bonds is 5. The SMILES string of the molecule is Cc1nc(-c2ccccc2)c([N+](=O)[O-])cc1C(=O)C=Cc1ccco1. The number of nitrogens with zero attached hydrogens (tertiary/aromatic N) is 2. The molecule has 0 N–H and O–H groups in total. The van der Waals surface area contributed by atoms with Crippen LogP contribution < -0.4 is 0 Å². The van der Waals surface area contributed by atoms with E-state index in [1.165, 1.54) is 24.5 Å². The predicted molar refractivity (Wildman–Crippen MR) is 93.1 cm³/mol. The van der Waals surface area contributed by atoms with Crippen molar-refractivity contribution in [2.75, 3.05) is 0 Å². The fourth-order valence-corrected chi connectivity index (χ4v) is 2.43. The van der Waals surface area contributed by atoms with Gasteiger partial charge in [0.2, 0.25) is 0 Å². The number of hydrogen-bond donors (Lipinski definition) is 0. The van der Waals surface area contributed by atoms with Crippen molar-refractivity contribution in [3.05, 3.63) is 88.0 Å². The molecular weight excluding hydrogens is 320 g/mol. The van der Waals surface area contributed by atoms with Crippen LogP contribution in [-0.2, 0) is 0 Å². The molecule has 0 radical (unpaired) electrons. The lowest BCUT2D eigenvalue weighted by atomic mass is 10.0. The van der Waals surface area contributed by atoms with Crippen molar-refractivity contribution in [2.24, 2.45) is 0 Å². The molecule has 0 fully saturated rings. The van der Waals surface area contributed by atoms with Gasteiger partial charge in [-0.25, -0.2) is 4.98 Å². The molecule has 3 aromatic rings. The molecular formula is C19H14N2O4. The summed E-state index contributed by atoms with van der Waals surface area (Å²) in [6, 6.07) is 13.5. The summed E-state index contributed by atoms with van der Waals surface area (Å²) in [5.41, 5.74) is 1.29. The zero-order valence-corrected chi connectivity index (χ0v) is 13.4. The molecule has 2 heterocycles. The van der Waals surface area contributed by atoms with Gasteiger partial charge in [0.1, 0.15) is 11.5 Å². The standard InChI is InChI=1S/C19H14N2O4/c1-13-16(18(22)10-9-15-8-5-11-25-15)12-17(21(23)24)19(20-13)14-6-3-2-4-7-14/h2-12H,1H3. The molecule has 0 unspecified atom stereocenters. The summed E-state index contributed by atoms with van der Waals surface area (Å²) in [5, 5.41) is 11.4. The van der Waals surface area contributed by atoms with Crippen molar-refractivity contribution in [2.45, 2.75) is 6.92 Å². The Morgan fingerprint density at radius 2 is 1.96 bits per heavy atom. The molecule has 124 valence electrons. The summed E-state index contributed by atoms with van der Waals surface area (Å²) in [4.78, 5) is 27.6. The van der Waals surface area contributed by atoms with Gasteiger partial charge in [0, 0.05) is 17.3 Å². The Kier molecular flexibility index (Phi) is 4.52. The van der Waals surface area contributed by atoms with Gasteiger partial charge >= 0.3 is 0 Å². The summed E-state index contributed by atoms with van der Waals surface area (Å²) in [5.74, 6) is 0.151. The minimum Gasteiger partial charge on any atom is -0.465 e. The molecule has 0 atom stereocenters. The fourth-order valence-electron chi connectivity index (χ4n) is 2.43. The highest BCUT2D eigenvalue weighted by atomic mass is 16.6. The number of aryl methyl sites for hydroxylation is 1. The first-order valence-corrected chi connectivity index (χ1v) is 7.53. The number of ketones is 1. The number of pyridine rings is 1. The van der Waals surface area contributed by atoms with Crippen LogP contribution in [0.1, 0.15) is 21.8 Å². The van der Waals surface area contributed by atoms with Crippen molar-refractivity contribution >= 4 is 17.5 Å². The number of carbonyl (C=O) groups is 1. The molecule has 6 nitrogen and oxygen atoms in total. The van der Waals surface area contributed by atoms with Gasteiger partial charge in [-0.15, -0.1) is 0 Å². The van der Waals surface area contributed by atoms with E-state index in [1.807, 2.05) is 6.07 Å². The van der Waals surface area contributed by atoms with Crippen LogP contribution in [0.25, 0.3) is 17.3 Å². The van der Waals surface area contributed by atoms with Crippen LogP contribution in [0.2, 0.25) is 0 Å². The first kappa shape index (κ1) is 16.3. The Bertz CT molecular complexity index is 945. The molecule has 0 saturated heterocycles. The Labute approximate surface area is 143 Å². The summed E-state index contributed by atoms with van der Waals surface area (Å²) in [6.45, 7) is 1.66. The summed E-state index contributed by atoms with van der Waals surface area (Å²) >= 11 is 0. The van der Waals surface area contributed by atoms with Gasteiger partial charge in [0.05, 0.1) is 16.7 Å². The Hall–Kier alpha value is -3.54. The molecule has 6 heteroatoms. The van der Waals surface area contributed by atoms with E-state index in [1.54, 1.807) is 43.3 Å². The number of benzene rings is 1. The molecule has 25 heavy (non-hydrogen) atoms. The largest absolute Gasteiger partial charge is 0.465 e. The van der Waals surface area contributed by atoms with Crippen LogP contribution in [0.4, 0.5) is 5.69 Å². The highest BCUT2D eigenvalue weighted by molar-refractivity contribution is 6.08. The molecule has 0 saturated carbocycles. The van der Waals surface area contributed by atoms with E-state index >= 15 is 0 Å². The lowest BCUT2D eigenvalue weighted by Crippen LogP contribution is -2.05. The third kappa shape index (κ3) is 3.53. The van der Waals surface area contributed by atoms with Crippen molar-refractivity contribution < 1.29 is 14.1 Å². The number of nitro groups is 1. The Balaban J connectivity index is 2.03. The summed E-state index contributed by atoms with van der Waals surface area (Å²) in [7, 11) is 0. The van der Waals surface area contributed by atoms with Crippen LogP contribution in [0.5, 0.6) is 0 Å². The number of hydrogen-bond acceptors (Lipinski definition) is 5. The van der Waals surface area contributed by atoms with E-state index in [0.717, 1.165) is 0 Å². The number of carbonyl (C=O) groups excluding carboxylic acids is 1. The quantitative estimate of drug-likeness (QED) is 0.298. The average molecular weight is 334 g/mol. The van der Waals surface area contributed by atoms with Crippen LogP contribution in [0, 0.1) is 17.0 Å². The summed E-state index contributed by atoms with van der Waals surface area (Å²) in [6.07, 6.45) is 4.32. The minimum atomic E-state index is -0.526. The maximum Gasteiger partial charge on any atom is 0.296 e. The van der Waals surface area contributed by atoms with E-state index in [-0.39, 0.29) is 22.7 Å². The molecule has 0 aliphatic rings. The van der Waals surface area contributed by atoms with Gasteiger partial charge in [-0.1, -0.05) is 30.3 Å². The van der Waals surface area contributed by atoms with Crippen molar-refractivity contribution in [1.82, 2.24) is 4.98 Å². The maximum absolute atomic E-state index is 12.4. The molecule has 0 spiro atoms. The molecule has 0 amide bonds. The fraction of sp³-hybridized carbons (Fsp3) is 0.0526. The average Bonchev–Trinajstić information content (AvgIpc) is 3.13. The highest BCUT2D eigenvalue weighted by Crippen LogP contribution is 2.30. The first-order chi connectivity index (χ1) is 12.1. The van der Waals surface area contributed by atoms with Gasteiger partial charge < -0.3 is 4.42 Å². The monoisotopic (exact) mass is 334 g/mol. The highest BCUT2D eigenvalue weighted by Gasteiger charge is 2.22. The van der Waals surface area contributed by atoms with Gasteiger partial charge in [0.25, 0.3) is 5.69 Å². The zero-order chi connectivity index (χ0) is 17.8. The summed E-state index contributed by atoms with van der Waals surface area (Å²) < 4.78 is 5.13. The molecule has 0 aliphatic heterocycles. The van der Waals surface area contributed by atoms with Gasteiger partial charge in [-0.3, -0.25) is 14.9 Å². The number of aromatic nitrogens is 1. The van der Waals surface area contributed by atoms with Gasteiger partial charge in [0.15, 0.2) is 5.78 Å². The topological polar surface area (TPSA) is 86.2 Å². The van der Waals surface area contributed by atoms with E-state index in [4.69, 9.17) is 4.42 Å². The Morgan fingerprint density at radius 1 is 1.20 bits per heavy atom. The molecule has 2 aromatic heterocycles. The van der Waals surface area contributed by atoms with E-state index in [0.29, 0.717) is 17.0 Å². The normalized spacial score (nSPS) is 10.9. The third-order valence-electron chi connectivity index (χ3n) is 3.64. The molecule has 3 rings (SSSR count). The molecule has 0 bridgehead atoms. The van der Waals surface area contributed by atoms with Crippen LogP contribution in [0.15, 0.2) is 65.3 Å². The lowest BCUT2D eigenvalue weighted by molar-refractivity contribution is -0.384. The molecule has 1 aromatic carbocycles. The minimum absolute atomic E-state index is 0.189. The second-order valence-electron chi connectivity index (χ2n) is 5.33. The van der Waals surface area contributed by atoms with Crippen LogP contribution in [0.3, 0.4) is 0 Å². The van der Waals surface area contributed by atoms with Crippen LogP contribution in [-0.4, -0.2) is 15.7 Å². The van der Waals surface area contributed by atoms with E-state index in [9.17, 15) is 14.9 Å². The maximum atomic E-state index is 12.4. The second-order valence-corrected chi connectivity index (χ2v) is 5.33. The first-order valence-electron chi connectivity index (χ1n) is 7.53. The zero-order valence-electron chi connectivity index (χ0n) is 13.4. The number of allylic oxidation sites excluding steroid dienone is 1. The van der Waals surface area contributed by atoms with Crippen LogP contribution >= 0.6 is 0 Å². The third-order valence-corrected chi connectivity index (χ3v) is 3.64. The van der Waals surface area contributed by atoms with E-state index < -0.39 is 4.92 Å². The second kappa shape index (κ2) is 6.92. The van der Waals surface area contributed by atoms with Gasteiger partial charge in [-0.05, 0) is 31.2 Å². The van der Waals surface area contributed by atoms with Crippen molar-refractivity contribution in [3.63, 3.8) is 0 Å². The van der Waals surface area contributed by atoms with E-state index in [2.05, 4.69) is 4.98 Å². The van der Waals surface area contributed by atoms with Gasteiger partial charge in [-0.2, -0.15) is 0 Å². The smallest absolute Gasteiger partial charge is 0.296 e. The predicted octanol–water partition coefficient (Wildman–Crippen LogP) is 4.45. The van der Waals surface area contributed by atoms with Crippen molar-refractivity contribution in [1.29, 1.82) is 0 Å². The van der Waals surface area contributed by atoms with Crippen molar-refractivity contribution in [3.8, 4) is 11.3 Å². The lowest BCUT2D eigenvalue weighted by Gasteiger charge is -2.07. The Morgan fingerprint density at radius 3 is 2.60 bits per heavy atom.